The molecule has 3 heteroatoms. The Bertz CT molecular complexity index is 321. The predicted molar refractivity (Wildman–Crippen MR) is 44.3 cm³/mol. The fourth-order valence-corrected chi connectivity index (χ4v) is 2.49. The van der Waals surface area contributed by atoms with Gasteiger partial charge in [0.1, 0.15) is 10.9 Å². The predicted octanol–water partition coefficient (Wildman–Crippen LogP) is 1.57. The SMILES string of the molecule is N#Cc1cc2c(s1)CC[C@H]2N. The molecule has 0 aromatic carbocycles. The summed E-state index contributed by atoms with van der Waals surface area (Å²) in [5, 5.41) is 8.60. The van der Waals surface area contributed by atoms with Crippen LogP contribution in [0.2, 0.25) is 0 Å². The standard InChI is InChI=1S/C8H8N2S/c9-4-5-3-6-7(10)1-2-8(6)11-5/h3,7H,1-2,10H2/t7-/m1/s1. The molecule has 1 aliphatic carbocycles. The number of aryl methyl sites for hydroxylation is 1. The first-order chi connectivity index (χ1) is 5.31. The van der Waals surface area contributed by atoms with Crippen molar-refractivity contribution in [3.63, 3.8) is 0 Å². The maximum Gasteiger partial charge on any atom is 0.110 e. The second-order valence-corrected chi connectivity index (χ2v) is 3.88. The van der Waals surface area contributed by atoms with Crippen LogP contribution >= 0.6 is 11.3 Å². The van der Waals surface area contributed by atoms with Gasteiger partial charge >= 0.3 is 0 Å². The zero-order chi connectivity index (χ0) is 7.84. The number of thiophene rings is 1. The van der Waals surface area contributed by atoms with Crippen molar-refractivity contribution < 1.29 is 0 Å². The van der Waals surface area contributed by atoms with E-state index < -0.39 is 0 Å². The topological polar surface area (TPSA) is 49.8 Å². The van der Waals surface area contributed by atoms with E-state index in [9.17, 15) is 0 Å². The van der Waals surface area contributed by atoms with Gasteiger partial charge in [-0.2, -0.15) is 5.26 Å². The van der Waals surface area contributed by atoms with Crippen LogP contribution in [0.5, 0.6) is 0 Å². The minimum absolute atomic E-state index is 0.184. The summed E-state index contributed by atoms with van der Waals surface area (Å²) in [6, 6.07) is 4.25. The molecule has 1 aliphatic rings. The van der Waals surface area contributed by atoms with E-state index in [0.29, 0.717) is 0 Å². The summed E-state index contributed by atoms with van der Waals surface area (Å²) in [4.78, 5) is 2.11. The van der Waals surface area contributed by atoms with Gasteiger partial charge in [-0.05, 0) is 24.5 Å². The van der Waals surface area contributed by atoms with Gasteiger partial charge in [0.2, 0.25) is 0 Å². The fourth-order valence-electron chi connectivity index (χ4n) is 1.45. The van der Waals surface area contributed by atoms with Crippen LogP contribution in [-0.2, 0) is 6.42 Å². The van der Waals surface area contributed by atoms with E-state index in [4.69, 9.17) is 11.0 Å². The van der Waals surface area contributed by atoms with Gasteiger partial charge in [0.25, 0.3) is 0 Å². The summed E-state index contributed by atoms with van der Waals surface area (Å²) >= 11 is 1.58. The molecule has 0 spiro atoms. The second kappa shape index (κ2) is 2.33. The third-order valence-electron chi connectivity index (χ3n) is 2.03. The normalized spacial score (nSPS) is 21.3. The van der Waals surface area contributed by atoms with Crippen molar-refractivity contribution in [1.29, 1.82) is 5.26 Å². The molecule has 0 bridgehead atoms. The summed E-state index contributed by atoms with van der Waals surface area (Å²) in [6.45, 7) is 0. The molecule has 11 heavy (non-hydrogen) atoms. The molecule has 0 aliphatic heterocycles. The lowest BCUT2D eigenvalue weighted by molar-refractivity contribution is 0.713. The Kier molecular flexibility index (Phi) is 1.45. The van der Waals surface area contributed by atoms with E-state index >= 15 is 0 Å². The smallest absolute Gasteiger partial charge is 0.110 e. The summed E-state index contributed by atoms with van der Waals surface area (Å²) < 4.78 is 0. The van der Waals surface area contributed by atoms with E-state index in [1.807, 2.05) is 6.07 Å². The molecule has 0 amide bonds. The number of fused-ring (bicyclic) bond motifs is 1. The second-order valence-electron chi connectivity index (χ2n) is 2.75. The molecule has 1 aromatic rings. The third kappa shape index (κ3) is 0.953. The van der Waals surface area contributed by atoms with Crippen LogP contribution in [0.3, 0.4) is 0 Å². The maximum atomic E-state index is 8.60. The number of nitrogens with zero attached hydrogens (tertiary/aromatic N) is 1. The lowest BCUT2D eigenvalue weighted by Crippen LogP contribution is -2.04. The van der Waals surface area contributed by atoms with Crippen molar-refractivity contribution in [2.75, 3.05) is 0 Å². The molecule has 0 saturated heterocycles. The van der Waals surface area contributed by atoms with Gasteiger partial charge < -0.3 is 5.73 Å². The molecule has 0 unspecified atom stereocenters. The number of nitrogens with two attached hydrogens (primary N) is 1. The van der Waals surface area contributed by atoms with Gasteiger partial charge in [0.05, 0.1) is 0 Å². The van der Waals surface area contributed by atoms with Gasteiger partial charge in [-0.1, -0.05) is 0 Å². The van der Waals surface area contributed by atoms with E-state index in [1.165, 1.54) is 10.4 Å². The summed E-state index contributed by atoms with van der Waals surface area (Å²) in [5.74, 6) is 0. The molecule has 2 N–H and O–H groups in total. The van der Waals surface area contributed by atoms with Gasteiger partial charge in [-0.3, -0.25) is 0 Å². The minimum atomic E-state index is 0.184. The monoisotopic (exact) mass is 164 g/mol. The molecule has 1 heterocycles. The summed E-state index contributed by atoms with van der Waals surface area (Å²) in [5.41, 5.74) is 7.01. The molecule has 1 aromatic heterocycles. The fraction of sp³-hybridized carbons (Fsp3) is 0.375. The Balaban J connectivity index is 2.48. The largest absolute Gasteiger partial charge is 0.324 e. The van der Waals surface area contributed by atoms with E-state index in [2.05, 4.69) is 6.07 Å². The Morgan fingerprint density at radius 2 is 2.55 bits per heavy atom. The number of rotatable bonds is 0. The maximum absolute atomic E-state index is 8.60. The highest BCUT2D eigenvalue weighted by atomic mass is 32.1. The molecule has 2 nitrogen and oxygen atoms in total. The quantitative estimate of drug-likeness (QED) is 0.632. The molecular weight excluding hydrogens is 156 g/mol. The Morgan fingerprint density at radius 1 is 1.73 bits per heavy atom. The first-order valence-corrected chi connectivity index (χ1v) is 4.41. The number of hydrogen-bond acceptors (Lipinski definition) is 3. The van der Waals surface area contributed by atoms with Crippen molar-refractivity contribution in [2.24, 2.45) is 5.73 Å². The molecule has 56 valence electrons. The van der Waals surface area contributed by atoms with Crippen LogP contribution in [0.1, 0.15) is 27.8 Å². The van der Waals surface area contributed by atoms with Gasteiger partial charge in [0.15, 0.2) is 0 Å². The van der Waals surface area contributed by atoms with Gasteiger partial charge in [-0.15, -0.1) is 11.3 Å². The van der Waals surface area contributed by atoms with Crippen LogP contribution in [-0.4, -0.2) is 0 Å². The van der Waals surface area contributed by atoms with Crippen molar-refractivity contribution in [2.45, 2.75) is 18.9 Å². The van der Waals surface area contributed by atoms with E-state index in [1.54, 1.807) is 11.3 Å². The Morgan fingerprint density at radius 3 is 3.18 bits per heavy atom. The lowest BCUT2D eigenvalue weighted by atomic mass is 10.2. The van der Waals surface area contributed by atoms with Crippen molar-refractivity contribution in [1.82, 2.24) is 0 Å². The third-order valence-corrected chi connectivity index (χ3v) is 3.15. The molecule has 0 fully saturated rings. The first-order valence-electron chi connectivity index (χ1n) is 3.59. The average Bonchev–Trinajstić information content (AvgIpc) is 2.53. The number of nitriles is 1. The van der Waals surface area contributed by atoms with E-state index in [-0.39, 0.29) is 6.04 Å². The van der Waals surface area contributed by atoms with Crippen LogP contribution in [0, 0.1) is 11.3 Å². The minimum Gasteiger partial charge on any atom is -0.324 e. The van der Waals surface area contributed by atoms with Crippen molar-refractivity contribution in [3.05, 3.63) is 21.4 Å². The molecule has 2 rings (SSSR count). The van der Waals surface area contributed by atoms with Crippen LogP contribution in [0.4, 0.5) is 0 Å². The molecule has 0 radical (unpaired) electrons. The zero-order valence-corrected chi connectivity index (χ0v) is 6.82. The highest BCUT2D eigenvalue weighted by molar-refractivity contribution is 7.12. The Hall–Kier alpha value is -0.850. The first kappa shape index (κ1) is 6.84. The van der Waals surface area contributed by atoms with Gasteiger partial charge in [0, 0.05) is 10.9 Å². The average molecular weight is 164 g/mol. The molecule has 1 atom stereocenters. The molecule has 0 saturated carbocycles. The molecular formula is C8H8N2S. The van der Waals surface area contributed by atoms with Crippen LogP contribution < -0.4 is 5.73 Å². The lowest BCUT2D eigenvalue weighted by Gasteiger charge is -1.97. The highest BCUT2D eigenvalue weighted by Crippen LogP contribution is 2.35. The highest BCUT2D eigenvalue weighted by Gasteiger charge is 2.21. The zero-order valence-electron chi connectivity index (χ0n) is 6.00. The Labute approximate surface area is 69.3 Å². The van der Waals surface area contributed by atoms with Crippen LogP contribution in [0.15, 0.2) is 6.07 Å². The van der Waals surface area contributed by atoms with Crippen molar-refractivity contribution >= 4 is 11.3 Å². The van der Waals surface area contributed by atoms with Crippen LogP contribution in [0.25, 0.3) is 0 Å². The van der Waals surface area contributed by atoms with Crippen molar-refractivity contribution in [3.8, 4) is 6.07 Å². The van der Waals surface area contributed by atoms with Gasteiger partial charge in [-0.25, -0.2) is 0 Å². The number of hydrogen-bond donors (Lipinski definition) is 1. The summed E-state index contributed by atoms with van der Waals surface area (Å²) in [7, 11) is 0. The summed E-state index contributed by atoms with van der Waals surface area (Å²) in [6.07, 6.45) is 2.11. The van der Waals surface area contributed by atoms with E-state index in [0.717, 1.165) is 17.7 Å².